The third-order valence-electron chi connectivity index (χ3n) is 3.48. The number of amides is 1. The van der Waals surface area contributed by atoms with Crippen molar-refractivity contribution in [2.75, 3.05) is 0 Å². The minimum atomic E-state index is -0.100. The zero-order chi connectivity index (χ0) is 16.2. The van der Waals surface area contributed by atoms with Crippen molar-refractivity contribution in [3.05, 3.63) is 58.2 Å². The van der Waals surface area contributed by atoms with Crippen molar-refractivity contribution in [1.82, 2.24) is 20.1 Å². The number of nitrogens with zero attached hydrogens (tertiary/aromatic N) is 2. The number of aromatic nitrogens is 3. The molecule has 1 amide bonds. The van der Waals surface area contributed by atoms with Crippen molar-refractivity contribution in [3.8, 4) is 10.7 Å². The van der Waals surface area contributed by atoms with Crippen molar-refractivity contribution >= 4 is 29.5 Å². The van der Waals surface area contributed by atoms with Crippen molar-refractivity contribution in [3.63, 3.8) is 0 Å². The molecule has 0 saturated carbocycles. The second-order valence-electron chi connectivity index (χ2n) is 5.12. The Kier molecular flexibility index (Phi) is 4.68. The van der Waals surface area contributed by atoms with Crippen LogP contribution in [0.2, 0.25) is 0 Å². The number of thiophene rings is 1. The normalized spacial score (nSPS) is 12.0. The number of nitrogens with one attached hydrogen (secondary N) is 2. The van der Waals surface area contributed by atoms with Gasteiger partial charge in [0.2, 0.25) is 5.91 Å². The van der Waals surface area contributed by atoms with Gasteiger partial charge in [0, 0.05) is 0 Å². The molecular weight excluding hydrogens is 328 g/mol. The Bertz CT molecular complexity index is 837. The van der Waals surface area contributed by atoms with E-state index >= 15 is 0 Å². The zero-order valence-corrected chi connectivity index (χ0v) is 14.2. The first-order valence-corrected chi connectivity index (χ1v) is 8.47. The van der Waals surface area contributed by atoms with Crippen molar-refractivity contribution in [2.24, 2.45) is 0 Å². The predicted molar refractivity (Wildman–Crippen MR) is 93.7 cm³/mol. The third kappa shape index (κ3) is 3.57. The first-order chi connectivity index (χ1) is 11.1. The van der Waals surface area contributed by atoms with Gasteiger partial charge in [-0.05, 0) is 36.2 Å². The minimum absolute atomic E-state index is 0.0602. The average molecular weight is 344 g/mol. The molecule has 23 heavy (non-hydrogen) atoms. The largest absolute Gasteiger partial charge is 0.348 e. The fraction of sp³-hybridized carbons (Fsp3) is 0.188. The summed E-state index contributed by atoms with van der Waals surface area (Å²) >= 11 is 6.80. The summed E-state index contributed by atoms with van der Waals surface area (Å²) < 4.78 is 2.16. The van der Waals surface area contributed by atoms with Crippen LogP contribution in [-0.4, -0.2) is 20.7 Å². The summed E-state index contributed by atoms with van der Waals surface area (Å²) in [6.07, 6.45) is 0. The summed E-state index contributed by atoms with van der Waals surface area (Å²) in [5, 5.41) is 11.9. The van der Waals surface area contributed by atoms with Crippen LogP contribution in [0.4, 0.5) is 0 Å². The first-order valence-electron chi connectivity index (χ1n) is 7.18. The van der Waals surface area contributed by atoms with Gasteiger partial charge < -0.3 is 5.32 Å². The fourth-order valence-corrected chi connectivity index (χ4v) is 3.23. The van der Waals surface area contributed by atoms with E-state index in [1.165, 1.54) is 0 Å². The molecular formula is C16H16N4OS2. The van der Waals surface area contributed by atoms with Crippen molar-refractivity contribution in [2.45, 2.75) is 19.5 Å². The highest BCUT2D eigenvalue weighted by Gasteiger charge is 2.15. The molecule has 0 saturated heterocycles. The van der Waals surface area contributed by atoms with Gasteiger partial charge in [-0.15, -0.1) is 11.3 Å². The quantitative estimate of drug-likeness (QED) is 0.696. The Balaban J connectivity index is 1.74. The van der Waals surface area contributed by atoms with Gasteiger partial charge in [-0.3, -0.25) is 14.5 Å². The van der Waals surface area contributed by atoms with Gasteiger partial charge in [-0.25, -0.2) is 0 Å². The van der Waals surface area contributed by atoms with Gasteiger partial charge in [0.05, 0.1) is 10.9 Å². The van der Waals surface area contributed by atoms with Crippen LogP contribution >= 0.6 is 23.6 Å². The van der Waals surface area contributed by atoms with Crippen LogP contribution in [0, 0.1) is 4.77 Å². The van der Waals surface area contributed by atoms with Crippen molar-refractivity contribution in [1.29, 1.82) is 0 Å². The molecule has 1 aromatic carbocycles. The maximum Gasteiger partial charge on any atom is 0.240 e. The predicted octanol–water partition coefficient (Wildman–Crippen LogP) is 3.55. The number of carbonyl (C=O) groups is 1. The maximum atomic E-state index is 12.4. The lowest BCUT2D eigenvalue weighted by Crippen LogP contribution is -2.30. The van der Waals surface area contributed by atoms with E-state index in [0.717, 1.165) is 10.4 Å². The Morgan fingerprint density at radius 3 is 2.83 bits per heavy atom. The molecule has 2 aromatic heterocycles. The molecule has 0 aliphatic rings. The Morgan fingerprint density at radius 2 is 2.13 bits per heavy atom. The molecule has 2 N–H and O–H groups in total. The summed E-state index contributed by atoms with van der Waals surface area (Å²) in [7, 11) is 0. The van der Waals surface area contributed by atoms with E-state index in [0.29, 0.717) is 10.6 Å². The lowest BCUT2D eigenvalue weighted by atomic mass is 10.1. The lowest BCUT2D eigenvalue weighted by molar-refractivity contribution is -0.122. The minimum Gasteiger partial charge on any atom is -0.348 e. The number of benzene rings is 1. The Hall–Kier alpha value is -2.25. The van der Waals surface area contributed by atoms with Crippen LogP contribution in [0.1, 0.15) is 18.5 Å². The van der Waals surface area contributed by atoms with E-state index in [1.54, 1.807) is 15.9 Å². The SMILES string of the molecule is C[C@@H](NC(=O)Cn1c(-c2cccs2)n[nH]c1=S)c1ccccc1. The van der Waals surface area contributed by atoms with Gasteiger partial charge in [-0.2, -0.15) is 5.10 Å². The van der Waals surface area contributed by atoms with E-state index in [4.69, 9.17) is 12.2 Å². The van der Waals surface area contributed by atoms with Gasteiger partial charge >= 0.3 is 0 Å². The molecule has 0 spiro atoms. The number of hydrogen-bond acceptors (Lipinski definition) is 4. The summed E-state index contributed by atoms with van der Waals surface area (Å²) in [6.45, 7) is 2.10. The highest BCUT2D eigenvalue weighted by molar-refractivity contribution is 7.71. The first kappa shape index (κ1) is 15.6. The van der Waals surface area contributed by atoms with E-state index in [9.17, 15) is 4.79 Å². The summed E-state index contributed by atoms with van der Waals surface area (Å²) in [5.41, 5.74) is 1.06. The maximum absolute atomic E-state index is 12.4. The van der Waals surface area contributed by atoms with Crippen LogP contribution in [0.5, 0.6) is 0 Å². The number of H-pyrrole nitrogens is 1. The molecule has 0 bridgehead atoms. The Labute approximate surface area is 143 Å². The van der Waals surface area contributed by atoms with Crippen LogP contribution in [0.3, 0.4) is 0 Å². The van der Waals surface area contributed by atoms with E-state index in [-0.39, 0.29) is 18.5 Å². The summed E-state index contributed by atoms with van der Waals surface area (Å²) in [4.78, 5) is 13.3. The second kappa shape index (κ2) is 6.89. The average Bonchev–Trinajstić information content (AvgIpc) is 3.19. The van der Waals surface area contributed by atoms with Gasteiger partial charge in [0.15, 0.2) is 10.6 Å². The lowest BCUT2D eigenvalue weighted by Gasteiger charge is -2.14. The smallest absolute Gasteiger partial charge is 0.240 e. The number of carbonyl (C=O) groups excluding carboxylic acids is 1. The number of aromatic amines is 1. The fourth-order valence-electron chi connectivity index (χ4n) is 2.31. The van der Waals surface area contributed by atoms with Crippen LogP contribution in [0.15, 0.2) is 47.8 Å². The van der Waals surface area contributed by atoms with E-state index in [2.05, 4.69) is 15.5 Å². The molecule has 3 aromatic rings. The summed E-state index contributed by atoms with van der Waals surface area (Å²) in [5.74, 6) is 0.587. The standard InChI is InChI=1S/C16H16N4OS2/c1-11(12-6-3-2-4-7-12)17-14(21)10-20-15(18-19-16(20)22)13-8-5-9-23-13/h2-9,11H,10H2,1H3,(H,17,21)(H,19,22)/t11-/m1/s1. The summed E-state index contributed by atoms with van der Waals surface area (Å²) in [6, 6.07) is 13.7. The van der Waals surface area contributed by atoms with Gasteiger partial charge in [-0.1, -0.05) is 36.4 Å². The van der Waals surface area contributed by atoms with Crippen LogP contribution in [-0.2, 0) is 11.3 Å². The van der Waals surface area contributed by atoms with Gasteiger partial charge in [0.1, 0.15) is 6.54 Å². The van der Waals surface area contributed by atoms with Crippen molar-refractivity contribution < 1.29 is 4.79 Å². The molecule has 0 radical (unpaired) electrons. The number of hydrogen-bond donors (Lipinski definition) is 2. The molecule has 0 unspecified atom stereocenters. The molecule has 3 rings (SSSR count). The topological polar surface area (TPSA) is 62.7 Å². The molecule has 118 valence electrons. The highest BCUT2D eigenvalue weighted by Crippen LogP contribution is 2.22. The Morgan fingerprint density at radius 1 is 1.35 bits per heavy atom. The molecule has 7 heteroatoms. The monoisotopic (exact) mass is 344 g/mol. The zero-order valence-electron chi connectivity index (χ0n) is 12.5. The third-order valence-corrected chi connectivity index (χ3v) is 4.66. The van der Waals surface area contributed by atoms with Gasteiger partial charge in [0.25, 0.3) is 0 Å². The highest BCUT2D eigenvalue weighted by atomic mass is 32.1. The molecule has 5 nitrogen and oxygen atoms in total. The second-order valence-corrected chi connectivity index (χ2v) is 6.45. The van der Waals surface area contributed by atoms with Crippen LogP contribution < -0.4 is 5.32 Å². The molecule has 2 heterocycles. The molecule has 0 aliphatic heterocycles. The van der Waals surface area contributed by atoms with E-state index in [1.807, 2.05) is 54.8 Å². The molecule has 0 fully saturated rings. The van der Waals surface area contributed by atoms with E-state index < -0.39 is 0 Å². The number of rotatable bonds is 5. The molecule has 1 atom stereocenters. The molecule has 0 aliphatic carbocycles. The van der Waals surface area contributed by atoms with Crippen LogP contribution in [0.25, 0.3) is 10.7 Å².